The van der Waals surface area contributed by atoms with Gasteiger partial charge in [0.05, 0.1) is 11.8 Å². The van der Waals surface area contributed by atoms with Gasteiger partial charge in [-0.1, -0.05) is 38.1 Å². The van der Waals surface area contributed by atoms with E-state index < -0.39 is 0 Å². The van der Waals surface area contributed by atoms with Crippen molar-refractivity contribution in [1.29, 1.82) is 0 Å². The smallest absolute Gasteiger partial charge is 0.228 e. The van der Waals surface area contributed by atoms with Gasteiger partial charge < -0.3 is 10.6 Å². The summed E-state index contributed by atoms with van der Waals surface area (Å²) >= 11 is 0. The summed E-state index contributed by atoms with van der Waals surface area (Å²) in [6, 6.07) is 15.7. The highest BCUT2D eigenvalue weighted by Crippen LogP contribution is 2.40. The van der Waals surface area contributed by atoms with Crippen molar-refractivity contribution in [3.63, 3.8) is 0 Å². The van der Waals surface area contributed by atoms with Gasteiger partial charge in [-0.25, -0.2) is 0 Å². The first-order chi connectivity index (χ1) is 12.1. The van der Waals surface area contributed by atoms with Crippen molar-refractivity contribution >= 4 is 23.2 Å². The lowest BCUT2D eigenvalue weighted by Crippen LogP contribution is -2.20. The third-order valence-electron chi connectivity index (χ3n) is 4.72. The number of hydrogen-bond donors (Lipinski definition) is 2. The molecule has 0 aromatic heterocycles. The van der Waals surface area contributed by atoms with E-state index in [0.29, 0.717) is 6.42 Å². The van der Waals surface area contributed by atoms with Gasteiger partial charge in [-0.3, -0.25) is 9.59 Å². The van der Waals surface area contributed by atoms with E-state index in [1.54, 1.807) is 0 Å². The van der Waals surface area contributed by atoms with Crippen LogP contribution in [0.4, 0.5) is 11.4 Å². The van der Waals surface area contributed by atoms with Crippen molar-refractivity contribution in [3.8, 4) is 0 Å². The molecule has 0 heterocycles. The zero-order valence-corrected chi connectivity index (χ0v) is 14.7. The molecule has 25 heavy (non-hydrogen) atoms. The monoisotopic (exact) mass is 336 g/mol. The molecule has 4 nitrogen and oxygen atoms in total. The van der Waals surface area contributed by atoms with Gasteiger partial charge in [-0.15, -0.1) is 0 Å². The molecule has 1 aliphatic rings. The quantitative estimate of drug-likeness (QED) is 0.837. The molecule has 2 atom stereocenters. The Morgan fingerprint density at radius 2 is 1.12 bits per heavy atom. The fourth-order valence-electron chi connectivity index (χ4n) is 2.89. The normalized spacial score (nSPS) is 18.5. The van der Waals surface area contributed by atoms with Crippen LogP contribution in [0.15, 0.2) is 48.5 Å². The summed E-state index contributed by atoms with van der Waals surface area (Å²) < 4.78 is 0. The van der Waals surface area contributed by atoms with Crippen molar-refractivity contribution in [2.75, 3.05) is 10.6 Å². The highest BCUT2D eigenvalue weighted by Gasteiger charge is 2.48. The van der Waals surface area contributed by atoms with Gasteiger partial charge in [-0.05, 0) is 54.7 Å². The summed E-state index contributed by atoms with van der Waals surface area (Å²) in [6.07, 6.45) is 2.55. The fourth-order valence-corrected chi connectivity index (χ4v) is 2.89. The number of carbonyl (C=O) groups excluding carboxylic acids is 2. The zero-order valence-electron chi connectivity index (χ0n) is 14.7. The predicted octanol–water partition coefficient (Wildman–Crippen LogP) is 4.02. The van der Waals surface area contributed by atoms with Crippen molar-refractivity contribution in [1.82, 2.24) is 0 Å². The number of rotatable bonds is 6. The largest absolute Gasteiger partial charge is 0.326 e. The first-order valence-corrected chi connectivity index (χ1v) is 8.90. The van der Waals surface area contributed by atoms with Crippen molar-refractivity contribution in [3.05, 3.63) is 59.7 Å². The fraction of sp³-hybridized carbons (Fsp3) is 0.333. The van der Waals surface area contributed by atoms with Crippen LogP contribution in [0.5, 0.6) is 0 Å². The molecule has 2 amide bonds. The molecule has 2 aromatic carbocycles. The van der Waals surface area contributed by atoms with Gasteiger partial charge in [0.2, 0.25) is 11.8 Å². The van der Waals surface area contributed by atoms with Gasteiger partial charge in [0.1, 0.15) is 0 Å². The third-order valence-corrected chi connectivity index (χ3v) is 4.72. The molecule has 2 unspecified atom stereocenters. The lowest BCUT2D eigenvalue weighted by Gasteiger charge is -2.07. The number of benzene rings is 2. The summed E-state index contributed by atoms with van der Waals surface area (Å²) in [5.41, 5.74) is 4.03. The number of hydrogen-bond acceptors (Lipinski definition) is 2. The summed E-state index contributed by atoms with van der Waals surface area (Å²) in [4.78, 5) is 24.6. The standard InChI is InChI=1S/C21H24N2O2/c1-3-14-5-9-16(10-6-14)22-20(24)18-13-19(18)21(25)23-17-11-7-15(4-2)8-12-17/h5-12,18-19H,3-4,13H2,1-2H3,(H,22,24)(H,23,25). The molecule has 0 saturated heterocycles. The first kappa shape index (κ1) is 17.2. The van der Waals surface area contributed by atoms with Gasteiger partial charge in [0.15, 0.2) is 0 Å². The van der Waals surface area contributed by atoms with Crippen LogP contribution in [0.25, 0.3) is 0 Å². The summed E-state index contributed by atoms with van der Waals surface area (Å²) in [5.74, 6) is -0.627. The van der Waals surface area contributed by atoms with E-state index in [-0.39, 0.29) is 23.7 Å². The predicted molar refractivity (Wildman–Crippen MR) is 100 cm³/mol. The zero-order chi connectivity index (χ0) is 17.8. The average Bonchev–Trinajstić information content (AvgIpc) is 3.44. The summed E-state index contributed by atoms with van der Waals surface area (Å²) in [7, 11) is 0. The van der Waals surface area contributed by atoms with Crippen LogP contribution in [0.3, 0.4) is 0 Å². The van der Waals surface area contributed by atoms with E-state index >= 15 is 0 Å². The molecule has 4 heteroatoms. The second-order valence-corrected chi connectivity index (χ2v) is 6.53. The van der Waals surface area contributed by atoms with Crippen LogP contribution in [0.2, 0.25) is 0 Å². The highest BCUT2D eigenvalue weighted by molar-refractivity contribution is 6.03. The number of anilines is 2. The molecular formula is C21H24N2O2. The lowest BCUT2D eigenvalue weighted by molar-refractivity contribution is -0.122. The molecule has 2 N–H and O–H groups in total. The van der Waals surface area contributed by atoms with Gasteiger partial charge in [-0.2, -0.15) is 0 Å². The van der Waals surface area contributed by atoms with Crippen molar-refractivity contribution in [2.45, 2.75) is 33.1 Å². The Hall–Kier alpha value is -2.62. The van der Waals surface area contributed by atoms with E-state index in [4.69, 9.17) is 0 Å². The van der Waals surface area contributed by atoms with E-state index in [1.165, 1.54) is 11.1 Å². The Morgan fingerprint density at radius 3 is 1.44 bits per heavy atom. The minimum absolute atomic E-state index is 0.0780. The molecule has 130 valence electrons. The van der Waals surface area contributed by atoms with Crippen LogP contribution in [-0.2, 0) is 22.4 Å². The second kappa shape index (κ2) is 7.51. The molecule has 0 radical (unpaired) electrons. The van der Waals surface area contributed by atoms with Crippen LogP contribution in [0, 0.1) is 11.8 Å². The minimum atomic E-state index is -0.235. The van der Waals surface area contributed by atoms with Gasteiger partial charge >= 0.3 is 0 Å². The van der Waals surface area contributed by atoms with Gasteiger partial charge in [0.25, 0.3) is 0 Å². The number of aryl methyl sites for hydroxylation is 2. The highest BCUT2D eigenvalue weighted by atomic mass is 16.2. The number of nitrogens with one attached hydrogen (secondary N) is 2. The van der Waals surface area contributed by atoms with Crippen LogP contribution >= 0.6 is 0 Å². The molecule has 2 aromatic rings. The van der Waals surface area contributed by atoms with E-state index in [1.807, 2.05) is 48.5 Å². The number of carbonyl (C=O) groups is 2. The maximum absolute atomic E-state index is 12.3. The van der Waals surface area contributed by atoms with Crippen LogP contribution < -0.4 is 10.6 Å². The molecule has 0 spiro atoms. The van der Waals surface area contributed by atoms with Crippen molar-refractivity contribution < 1.29 is 9.59 Å². The molecule has 1 fully saturated rings. The molecule has 1 saturated carbocycles. The molecule has 3 rings (SSSR count). The maximum atomic E-state index is 12.3. The molecule has 0 aliphatic heterocycles. The molecular weight excluding hydrogens is 312 g/mol. The summed E-state index contributed by atoms with van der Waals surface area (Å²) in [6.45, 7) is 4.19. The Balaban J connectivity index is 1.51. The van der Waals surface area contributed by atoms with Crippen LogP contribution in [0.1, 0.15) is 31.4 Å². The Bertz CT molecular complexity index is 685. The first-order valence-electron chi connectivity index (χ1n) is 8.90. The van der Waals surface area contributed by atoms with E-state index in [2.05, 4.69) is 24.5 Å². The Morgan fingerprint density at radius 1 is 0.760 bits per heavy atom. The SMILES string of the molecule is CCc1ccc(NC(=O)C2CC2C(=O)Nc2ccc(CC)cc2)cc1. The number of amides is 2. The average molecular weight is 336 g/mol. The maximum Gasteiger partial charge on any atom is 0.228 e. The van der Waals surface area contributed by atoms with E-state index in [9.17, 15) is 9.59 Å². The second-order valence-electron chi connectivity index (χ2n) is 6.53. The van der Waals surface area contributed by atoms with Crippen molar-refractivity contribution in [2.24, 2.45) is 11.8 Å². The topological polar surface area (TPSA) is 58.2 Å². The Labute approximate surface area is 148 Å². The Kier molecular flexibility index (Phi) is 5.17. The summed E-state index contributed by atoms with van der Waals surface area (Å²) in [5, 5.41) is 5.80. The van der Waals surface area contributed by atoms with E-state index in [0.717, 1.165) is 24.2 Å². The molecule has 0 bridgehead atoms. The molecule has 1 aliphatic carbocycles. The minimum Gasteiger partial charge on any atom is -0.326 e. The lowest BCUT2D eigenvalue weighted by atomic mass is 10.1. The third kappa shape index (κ3) is 4.27. The van der Waals surface area contributed by atoms with Gasteiger partial charge in [0, 0.05) is 11.4 Å². The van der Waals surface area contributed by atoms with Crippen LogP contribution in [-0.4, -0.2) is 11.8 Å².